The van der Waals surface area contributed by atoms with Crippen LogP contribution in [0.4, 0.5) is 8.78 Å². The summed E-state index contributed by atoms with van der Waals surface area (Å²) in [5.41, 5.74) is 0.147. The molecule has 0 amide bonds. The summed E-state index contributed by atoms with van der Waals surface area (Å²) >= 11 is 1.63. The van der Waals surface area contributed by atoms with Gasteiger partial charge in [0.2, 0.25) is 0 Å². The number of hydrogen-bond donors (Lipinski definition) is 0. The zero-order valence-corrected chi connectivity index (χ0v) is 7.43. The topological polar surface area (TPSA) is 17.1 Å². The normalized spacial score (nSPS) is 9.73. The number of halogens is 3. The van der Waals surface area contributed by atoms with Crippen LogP contribution in [0.25, 0.3) is 0 Å². The molecular formula is C7H3F2IO. The van der Waals surface area contributed by atoms with Crippen LogP contribution in [0, 0.1) is 15.2 Å². The fourth-order valence-corrected chi connectivity index (χ4v) is 1.26. The van der Waals surface area contributed by atoms with E-state index in [1.807, 2.05) is 0 Å². The van der Waals surface area contributed by atoms with Crippen molar-refractivity contribution < 1.29 is 13.6 Å². The second-order valence-electron chi connectivity index (χ2n) is 1.92. The standard InChI is InChI=1S/C7H3F2IO/c8-5-1-4(3-11)2-6(10)7(5)9/h1-3H. The maximum Gasteiger partial charge on any atom is 0.172 e. The van der Waals surface area contributed by atoms with Gasteiger partial charge >= 0.3 is 0 Å². The highest BCUT2D eigenvalue weighted by Crippen LogP contribution is 2.15. The lowest BCUT2D eigenvalue weighted by Crippen LogP contribution is -1.91. The molecule has 0 saturated heterocycles. The summed E-state index contributed by atoms with van der Waals surface area (Å²) in [5.74, 6) is -1.89. The Morgan fingerprint density at radius 3 is 2.45 bits per heavy atom. The SMILES string of the molecule is O=Cc1cc(F)c(F)c(I)c1. The van der Waals surface area contributed by atoms with Crippen molar-refractivity contribution in [2.75, 3.05) is 0 Å². The van der Waals surface area contributed by atoms with Gasteiger partial charge in [-0.2, -0.15) is 0 Å². The van der Waals surface area contributed by atoms with E-state index in [2.05, 4.69) is 0 Å². The summed E-state index contributed by atoms with van der Waals surface area (Å²) in [6.07, 6.45) is 0.477. The Morgan fingerprint density at radius 2 is 2.00 bits per heavy atom. The summed E-state index contributed by atoms with van der Waals surface area (Å²) < 4.78 is 25.2. The molecule has 0 atom stereocenters. The zero-order chi connectivity index (χ0) is 8.43. The molecule has 11 heavy (non-hydrogen) atoms. The monoisotopic (exact) mass is 268 g/mol. The Hall–Kier alpha value is -0.520. The van der Waals surface area contributed by atoms with Crippen LogP contribution >= 0.6 is 22.6 Å². The van der Waals surface area contributed by atoms with Crippen molar-refractivity contribution in [3.05, 3.63) is 32.9 Å². The summed E-state index contributed by atoms with van der Waals surface area (Å²) in [6.45, 7) is 0. The Labute approximate surface area is 75.6 Å². The van der Waals surface area contributed by atoms with Crippen molar-refractivity contribution >= 4 is 28.9 Å². The van der Waals surface area contributed by atoms with E-state index >= 15 is 0 Å². The average molecular weight is 268 g/mol. The number of benzene rings is 1. The first kappa shape index (κ1) is 8.58. The molecule has 0 N–H and O–H groups in total. The number of hydrogen-bond acceptors (Lipinski definition) is 1. The minimum absolute atomic E-state index is 0.115. The lowest BCUT2D eigenvalue weighted by molar-refractivity contribution is 0.112. The fourth-order valence-electron chi connectivity index (χ4n) is 0.643. The van der Waals surface area contributed by atoms with Crippen LogP contribution in [0.1, 0.15) is 10.4 Å². The highest BCUT2D eigenvalue weighted by molar-refractivity contribution is 14.1. The van der Waals surface area contributed by atoms with Gasteiger partial charge in [0, 0.05) is 5.56 Å². The molecule has 0 fully saturated rings. The second kappa shape index (κ2) is 3.25. The van der Waals surface area contributed by atoms with Crippen molar-refractivity contribution in [3.8, 4) is 0 Å². The highest BCUT2D eigenvalue weighted by Gasteiger charge is 2.07. The molecule has 58 valence electrons. The Kier molecular flexibility index (Phi) is 2.53. The Bertz CT molecular complexity index is 275. The third-order valence-electron chi connectivity index (χ3n) is 1.14. The van der Waals surface area contributed by atoms with Crippen molar-refractivity contribution in [2.45, 2.75) is 0 Å². The van der Waals surface area contributed by atoms with Crippen LogP contribution in [-0.4, -0.2) is 6.29 Å². The first-order valence-electron chi connectivity index (χ1n) is 2.75. The summed E-state index contributed by atoms with van der Waals surface area (Å²) in [6, 6.07) is 2.15. The van der Waals surface area contributed by atoms with Crippen molar-refractivity contribution in [2.24, 2.45) is 0 Å². The van der Waals surface area contributed by atoms with Gasteiger partial charge < -0.3 is 0 Å². The van der Waals surface area contributed by atoms with Crippen LogP contribution in [0.3, 0.4) is 0 Å². The predicted octanol–water partition coefficient (Wildman–Crippen LogP) is 2.38. The first-order chi connectivity index (χ1) is 5.15. The number of carbonyl (C=O) groups excluding carboxylic acids is 1. The van der Waals surface area contributed by atoms with E-state index < -0.39 is 11.6 Å². The molecule has 0 aliphatic rings. The van der Waals surface area contributed by atoms with Crippen LogP contribution in [0.2, 0.25) is 0 Å². The lowest BCUT2D eigenvalue weighted by atomic mass is 10.2. The summed E-state index contributed by atoms with van der Waals surface area (Å²) in [5, 5.41) is 0. The van der Waals surface area contributed by atoms with Crippen molar-refractivity contribution in [1.29, 1.82) is 0 Å². The molecule has 1 nitrogen and oxygen atoms in total. The van der Waals surface area contributed by atoms with Gasteiger partial charge in [0.25, 0.3) is 0 Å². The van der Waals surface area contributed by atoms with Crippen molar-refractivity contribution in [3.63, 3.8) is 0 Å². The van der Waals surface area contributed by atoms with E-state index in [0.29, 0.717) is 6.29 Å². The molecular weight excluding hydrogens is 265 g/mol. The van der Waals surface area contributed by atoms with Gasteiger partial charge in [0.1, 0.15) is 6.29 Å². The quantitative estimate of drug-likeness (QED) is 0.434. The van der Waals surface area contributed by atoms with Gasteiger partial charge in [0.15, 0.2) is 11.6 Å². The summed E-state index contributed by atoms with van der Waals surface area (Å²) in [7, 11) is 0. The van der Waals surface area contributed by atoms with E-state index in [4.69, 9.17) is 0 Å². The number of rotatable bonds is 1. The zero-order valence-electron chi connectivity index (χ0n) is 5.27. The third kappa shape index (κ3) is 1.74. The first-order valence-corrected chi connectivity index (χ1v) is 3.82. The highest BCUT2D eigenvalue weighted by atomic mass is 127. The minimum atomic E-state index is -0.987. The van der Waals surface area contributed by atoms with Crippen LogP contribution in [-0.2, 0) is 0 Å². The Morgan fingerprint density at radius 1 is 1.36 bits per heavy atom. The molecule has 0 radical (unpaired) electrons. The molecule has 0 aliphatic heterocycles. The van der Waals surface area contributed by atoms with Gasteiger partial charge in [0.05, 0.1) is 3.57 Å². The van der Waals surface area contributed by atoms with Crippen LogP contribution in [0.5, 0.6) is 0 Å². The predicted molar refractivity (Wildman–Crippen MR) is 44.5 cm³/mol. The Balaban J connectivity index is 3.31. The molecule has 0 unspecified atom stereocenters. The fraction of sp³-hybridized carbons (Fsp3) is 0. The van der Waals surface area contributed by atoms with Gasteiger partial charge in [-0.25, -0.2) is 8.78 Å². The van der Waals surface area contributed by atoms with Crippen molar-refractivity contribution in [1.82, 2.24) is 0 Å². The van der Waals surface area contributed by atoms with E-state index in [1.165, 1.54) is 6.07 Å². The van der Waals surface area contributed by atoms with Crippen LogP contribution in [0.15, 0.2) is 12.1 Å². The molecule has 0 aliphatic carbocycles. The molecule has 0 heterocycles. The van der Waals surface area contributed by atoms with Gasteiger partial charge in [-0.05, 0) is 34.7 Å². The third-order valence-corrected chi connectivity index (χ3v) is 1.93. The smallest absolute Gasteiger partial charge is 0.172 e. The second-order valence-corrected chi connectivity index (χ2v) is 3.08. The molecule has 0 bridgehead atoms. The minimum Gasteiger partial charge on any atom is -0.298 e. The molecule has 1 rings (SSSR count). The van der Waals surface area contributed by atoms with Gasteiger partial charge in [-0.3, -0.25) is 4.79 Å². The molecule has 0 aromatic heterocycles. The van der Waals surface area contributed by atoms with Gasteiger partial charge in [-0.1, -0.05) is 0 Å². The largest absolute Gasteiger partial charge is 0.298 e. The summed E-state index contributed by atoms with van der Waals surface area (Å²) in [4.78, 5) is 10.1. The molecule has 0 saturated carbocycles. The maximum absolute atomic E-state index is 12.5. The number of carbonyl (C=O) groups is 1. The van der Waals surface area contributed by atoms with E-state index in [1.54, 1.807) is 22.6 Å². The van der Waals surface area contributed by atoms with E-state index in [0.717, 1.165) is 6.07 Å². The van der Waals surface area contributed by atoms with E-state index in [9.17, 15) is 13.6 Å². The number of aldehydes is 1. The maximum atomic E-state index is 12.5. The molecule has 0 spiro atoms. The molecule has 1 aromatic carbocycles. The average Bonchev–Trinajstić information content (AvgIpc) is 1.99. The van der Waals surface area contributed by atoms with Crippen LogP contribution < -0.4 is 0 Å². The molecule has 4 heteroatoms. The molecule has 1 aromatic rings. The van der Waals surface area contributed by atoms with Gasteiger partial charge in [-0.15, -0.1) is 0 Å². The lowest BCUT2D eigenvalue weighted by Gasteiger charge is -1.96. The van der Waals surface area contributed by atoms with E-state index in [-0.39, 0.29) is 9.13 Å².